The molecule has 1 aliphatic carbocycles. The first-order valence-electron chi connectivity index (χ1n) is 7.18. The highest BCUT2D eigenvalue weighted by Gasteiger charge is 2.25. The predicted octanol–water partition coefficient (Wildman–Crippen LogP) is 2.94. The van der Waals surface area contributed by atoms with Crippen molar-refractivity contribution in [3.05, 3.63) is 29.6 Å². The second-order valence-electron chi connectivity index (χ2n) is 5.50. The van der Waals surface area contributed by atoms with Gasteiger partial charge >= 0.3 is 0 Å². The number of rotatable bonds is 4. The normalized spacial score (nSPS) is 22.7. The largest absolute Gasteiger partial charge is 0.240 e. The maximum atomic E-state index is 13.3. The lowest BCUT2D eigenvalue weighted by molar-refractivity contribution is 0.306. The van der Waals surface area contributed by atoms with Crippen molar-refractivity contribution in [1.82, 2.24) is 4.72 Å². The van der Waals surface area contributed by atoms with Gasteiger partial charge in [0, 0.05) is 6.04 Å². The summed E-state index contributed by atoms with van der Waals surface area (Å²) >= 11 is 0. The molecular formula is C15H19FN2O2S. The number of nitrogens with one attached hydrogen (secondary N) is 1. The van der Waals surface area contributed by atoms with Crippen LogP contribution in [0.15, 0.2) is 23.1 Å². The van der Waals surface area contributed by atoms with Crippen LogP contribution >= 0.6 is 0 Å². The van der Waals surface area contributed by atoms with Crippen molar-refractivity contribution in [2.24, 2.45) is 5.92 Å². The van der Waals surface area contributed by atoms with E-state index in [1.165, 1.54) is 6.07 Å². The van der Waals surface area contributed by atoms with E-state index in [0.29, 0.717) is 5.92 Å². The Balaban J connectivity index is 2.11. The topological polar surface area (TPSA) is 70.0 Å². The van der Waals surface area contributed by atoms with Crippen molar-refractivity contribution in [1.29, 1.82) is 5.26 Å². The fourth-order valence-corrected chi connectivity index (χ4v) is 4.06. The quantitative estimate of drug-likeness (QED) is 0.929. The van der Waals surface area contributed by atoms with Crippen LogP contribution in [0.1, 0.15) is 44.6 Å². The van der Waals surface area contributed by atoms with Crippen LogP contribution in [-0.4, -0.2) is 14.5 Å². The first-order chi connectivity index (χ1) is 9.96. The van der Waals surface area contributed by atoms with E-state index < -0.39 is 15.8 Å². The van der Waals surface area contributed by atoms with Gasteiger partial charge in [0.1, 0.15) is 11.9 Å². The van der Waals surface area contributed by atoms with Gasteiger partial charge in [-0.3, -0.25) is 0 Å². The highest BCUT2D eigenvalue weighted by Crippen LogP contribution is 2.27. The third kappa shape index (κ3) is 3.80. The Morgan fingerprint density at radius 3 is 2.57 bits per heavy atom. The van der Waals surface area contributed by atoms with E-state index in [-0.39, 0.29) is 16.5 Å². The molecule has 0 bridgehead atoms. The number of sulfonamides is 1. The van der Waals surface area contributed by atoms with Crippen molar-refractivity contribution in [3.63, 3.8) is 0 Å². The van der Waals surface area contributed by atoms with Crippen LogP contribution in [0.2, 0.25) is 0 Å². The standard InChI is InChI=1S/C15H19FN2O2S/c1-2-11-3-5-13(6-4-11)18-21(19,20)14-7-8-15(16)12(9-14)10-17/h7-9,11,13,18H,2-6H2,1H3. The van der Waals surface area contributed by atoms with Gasteiger partial charge in [-0.05, 0) is 49.8 Å². The molecule has 0 aromatic heterocycles. The molecule has 1 aromatic rings. The Morgan fingerprint density at radius 2 is 2.00 bits per heavy atom. The first-order valence-corrected chi connectivity index (χ1v) is 8.66. The van der Waals surface area contributed by atoms with Crippen molar-refractivity contribution in [2.45, 2.75) is 50.0 Å². The molecule has 0 unspecified atom stereocenters. The summed E-state index contributed by atoms with van der Waals surface area (Å²) in [6.45, 7) is 2.15. The van der Waals surface area contributed by atoms with Gasteiger partial charge in [0.15, 0.2) is 0 Å². The van der Waals surface area contributed by atoms with E-state index in [0.717, 1.165) is 44.2 Å². The molecule has 0 radical (unpaired) electrons. The lowest BCUT2D eigenvalue weighted by atomic mass is 9.85. The summed E-state index contributed by atoms with van der Waals surface area (Å²) in [7, 11) is -3.70. The second-order valence-corrected chi connectivity index (χ2v) is 7.21. The van der Waals surface area contributed by atoms with E-state index in [4.69, 9.17) is 5.26 Å². The summed E-state index contributed by atoms with van der Waals surface area (Å²) < 4.78 is 40.5. The predicted molar refractivity (Wildman–Crippen MR) is 77.5 cm³/mol. The maximum Gasteiger partial charge on any atom is 0.240 e. The monoisotopic (exact) mass is 310 g/mol. The summed E-state index contributed by atoms with van der Waals surface area (Å²) in [6, 6.07) is 4.87. The molecule has 1 saturated carbocycles. The Bertz CT molecular complexity index is 644. The Hall–Kier alpha value is -1.45. The van der Waals surface area contributed by atoms with Gasteiger partial charge in [0.2, 0.25) is 10.0 Å². The summed E-state index contributed by atoms with van der Waals surface area (Å²) in [6.07, 6.45) is 4.82. The van der Waals surface area contributed by atoms with Gasteiger partial charge in [-0.1, -0.05) is 13.3 Å². The third-order valence-corrected chi connectivity index (χ3v) is 5.63. The maximum absolute atomic E-state index is 13.3. The van der Waals surface area contributed by atoms with Gasteiger partial charge in [0.05, 0.1) is 10.5 Å². The average molecular weight is 310 g/mol. The number of benzene rings is 1. The molecule has 1 N–H and O–H groups in total. The van der Waals surface area contributed by atoms with E-state index >= 15 is 0 Å². The van der Waals surface area contributed by atoms with Gasteiger partial charge in [-0.2, -0.15) is 5.26 Å². The molecule has 114 valence electrons. The van der Waals surface area contributed by atoms with Crippen LogP contribution < -0.4 is 4.72 Å². The third-order valence-electron chi connectivity index (χ3n) is 4.11. The highest BCUT2D eigenvalue weighted by molar-refractivity contribution is 7.89. The number of halogens is 1. The van der Waals surface area contributed by atoms with Crippen molar-refractivity contribution in [2.75, 3.05) is 0 Å². The molecule has 21 heavy (non-hydrogen) atoms. The first kappa shape index (κ1) is 15.9. The minimum atomic E-state index is -3.70. The number of hydrogen-bond donors (Lipinski definition) is 1. The van der Waals surface area contributed by atoms with Crippen molar-refractivity contribution < 1.29 is 12.8 Å². The zero-order chi connectivity index (χ0) is 15.5. The molecule has 0 saturated heterocycles. The van der Waals surface area contributed by atoms with Gasteiger partial charge in [-0.25, -0.2) is 17.5 Å². The molecule has 4 nitrogen and oxygen atoms in total. The molecule has 2 rings (SSSR count). The summed E-state index contributed by atoms with van der Waals surface area (Å²) in [5.74, 6) is -0.0262. The molecule has 1 aromatic carbocycles. The molecule has 1 aliphatic rings. The molecule has 6 heteroatoms. The van der Waals surface area contributed by atoms with E-state index in [2.05, 4.69) is 11.6 Å². The van der Waals surface area contributed by atoms with Crippen LogP contribution in [0.25, 0.3) is 0 Å². The Labute approximate surface area is 125 Å². The molecular weight excluding hydrogens is 291 g/mol. The van der Waals surface area contributed by atoms with Crippen LogP contribution in [0, 0.1) is 23.1 Å². The van der Waals surface area contributed by atoms with Gasteiger partial charge < -0.3 is 0 Å². The second kappa shape index (κ2) is 6.54. The molecule has 0 aliphatic heterocycles. The molecule has 0 amide bonds. The van der Waals surface area contributed by atoms with Gasteiger partial charge in [0.25, 0.3) is 0 Å². The number of nitrogens with zero attached hydrogens (tertiary/aromatic N) is 1. The summed E-state index contributed by atoms with van der Waals surface area (Å²) in [5.41, 5.74) is -0.257. The van der Waals surface area contributed by atoms with Crippen molar-refractivity contribution in [3.8, 4) is 6.07 Å². The molecule has 0 heterocycles. The van der Waals surface area contributed by atoms with Crippen LogP contribution in [0.3, 0.4) is 0 Å². The highest BCUT2D eigenvalue weighted by atomic mass is 32.2. The van der Waals surface area contributed by atoms with Gasteiger partial charge in [-0.15, -0.1) is 0 Å². The Kier molecular flexibility index (Phi) is 4.96. The minimum Gasteiger partial charge on any atom is -0.208 e. The van der Waals surface area contributed by atoms with Crippen LogP contribution in [0.5, 0.6) is 0 Å². The van der Waals surface area contributed by atoms with E-state index in [1.54, 1.807) is 6.07 Å². The summed E-state index contributed by atoms with van der Waals surface area (Å²) in [4.78, 5) is -0.0573. The zero-order valence-corrected chi connectivity index (χ0v) is 12.8. The zero-order valence-electron chi connectivity index (χ0n) is 12.0. The molecule has 0 atom stereocenters. The van der Waals surface area contributed by atoms with Crippen LogP contribution in [-0.2, 0) is 10.0 Å². The average Bonchev–Trinajstić information content (AvgIpc) is 2.48. The minimum absolute atomic E-state index is 0.0573. The van der Waals surface area contributed by atoms with Crippen molar-refractivity contribution >= 4 is 10.0 Å². The smallest absolute Gasteiger partial charge is 0.208 e. The lowest BCUT2D eigenvalue weighted by Gasteiger charge is -2.28. The lowest BCUT2D eigenvalue weighted by Crippen LogP contribution is -2.37. The molecule has 0 spiro atoms. The number of nitriles is 1. The SMILES string of the molecule is CCC1CCC(NS(=O)(=O)c2ccc(F)c(C#N)c2)CC1. The Morgan fingerprint density at radius 1 is 1.33 bits per heavy atom. The fourth-order valence-electron chi connectivity index (χ4n) is 2.73. The summed E-state index contributed by atoms with van der Waals surface area (Å²) in [5, 5.41) is 8.78. The van der Waals surface area contributed by atoms with E-state index in [1.807, 2.05) is 0 Å². The van der Waals surface area contributed by atoms with E-state index in [9.17, 15) is 12.8 Å². The number of hydrogen-bond acceptors (Lipinski definition) is 3. The van der Waals surface area contributed by atoms with Crippen LogP contribution in [0.4, 0.5) is 4.39 Å². The fraction of sp³-hybridized carbons (Fsp3) is 0.533. The molecule has 1 fully saturated rings.